The molecule has 2 atom stereocenters. The van der Waals surface area contributed by atoms with Crippen LogP contribution in [0.15, 0.2) is 54.6 Å². The number of carbonyl (C=O) groups is 1. The Morgan fingerprint density at radius 3 is 2.48 bits per heavy atom. The number of carbonyl (C=O) groups excluding carboxylic acids is 1. The monoisotopic (exact) mass is 306 g/mol. The zero-order valence-electron chi connectivity index (χ0n) is 13.2. The first-order valence-corrected chi connectivity index (χ1v) is 8.51. The third-order valence-electron chi connectivity index (χ3n) is 4.98. The fraction of sp³-hybridized carbons (Fsp3) is 0.350. The van der Waals surface area contributed by atoms with Gasteiger partial charge in [0.2, 0.25) is 0 Å². The van der Waals surface area contributed by atoms with Crippen molar-refractivity contribution in [1.82, 2.24) is 10.6 Å². The van der Waals surface area contributed by atoms with Gasteiger partial charge in [-0.15, -0.1) is 0 Å². The molecular weight excluding hydrogens is 284 g/mol. The van der Waals surface area contributed by atoms with Crippen molar-refractivity contribution in [3.8, 4) is 0 Å². The number of hydrogen-bond donors (Lipinski definition) is 2. The molecule has 1 fully saturated rings. The van der Waals surface area contributed by atoms with Crippen molar-refractivity contribution in [1.29, 1.82) is 0 Å². The van der Waals surface area contributed by atoms with Gasteiger partial charge in [-0.1, -0.05) is 54.6 Å². The second-order valence-corrected chi connectivity index (χ2v) is 6.63. The van der Waals surface area contributed by atoms with Gasteiger partial charge in [-0.2, -0.15) is 0 Å². The Bertz CT molecular complexity index is 694. The van der Waals surface area contributed by atoms with Crippen LogP contribution in [0, 0.1) is 5.92 Å². The maximum absolute atomic E-state index is 12.5. The Morgan fingerprint density at radius 2 is 1.70 bits per heavy atom. The van der Waals surface area contributed by atoms with Gasteiger partial charge in [0.15, 0.2) is 0 Å². The zero-order chi connectivity index (χ0) is 15.6. The van der Waals surface area contributed by atoms with Crippen LogP contribution in [0.5, 0.6) is 0 Å². The van der Waals surface area contributed by atoms with Crippen LogP contribution in [0.4, 0.5) is 4.79 Å². The Hall–Kier alpha value is -2.29. The summed E-state index contributed by atoms with van der Waals surface area (Å²) in [5, 5.41) is 6.37. The second-order valence-electron chi connectivity index (χ2n) is 6.63. The lowest BCUT2D eigenvalue weighted by Gasteiger charge is -2.21. The predicted octanol–water partition coefficient (Wildman–Crippen LogP) is 4.12. The molecule has 0 spiro atoms. The van der Waals surface area contributed by atoms with Gasteiger partial charge in [0.25, 0.3) is 0 Å². The van der Waals surface area contributed by atoms with E-state index in [-0.39, 0.29) is 18.1 Å². The van der Waals surface area contributed by atoms with Gasteiger partial charge in [-0.3, -0.25) is 0 Å². The van der Waals surface area contributed by atoms with Crippen LogP contribution in [-0.2, 0) is 6.42 Å². The van der Waals surface area contributed by atoms with Crippen LogP contribution >= 0.6 is 0 Å². The van der Waals surface area contributed by atoms with Gasteiger partial charge in [0.1, 0.15) is 0 Å². The van der Waals surface area contributed by atoms with Crippen LogP contribution in [0.2, 0.25) is 0 Å². The standard InChI is InChI=1S/C20H22N2O/c23-20(21-18-13-12-14-6-4-5-9-17(14)18)22-19(16-10-11-16)15-7-2-1-3-8-15/h1-9,16,18-19H,10-13H2,(H2,21,22,23)/t18-,19-/m1/s1. The zero-order valence-corrected chi connectivity index (χ0v) is 13.2. The Labute approximate surface area is 137 Å². The van der Waals surface area contributed by atoms with Crippen molar-refractivity contribution in [3.63, 3.8) is 0 Å². The number of aryl methyl sites for hydroxylation is 1. The van der Waals surface area contributed by atoms with E-state index < -0.39 is 0 Å². The predicted molar refractivity (Wildman–Crippen MR) is 91.1 cm³/mol. The first-order chi connectivity index (χ1) is 11.3. The van der Waals surface area contributed by atoms with Gasteiger partial charge in [0.05, 0.1) is 12.1 Å². The summed E-state index contributed by atoms with van der Waals surface area (Å²) >= 11 is 0. The summed E-state index contributed by atoms with van der Waals surface area (Å²) in [6, 6.07) is 18.9. The summed E-state index contributed by atoms with van der Waals surface area (Å²) < 4.78 is 0. The molecule has 0 radical (unpaired) electrons. The van der Waals surface area contributed by atoms with Crippen LogP contribution in [0.25, 0.3) is 0 Å². The number of hydrogen-bond acceptors (Lipinski definition) is 1. The molecule has 2 aliphatic carbocycles. The van der Waals surface area contributed by atoms with E-state index in [1.165, 1.54) is 29.5 Å². The second kappa shape index (κ2) is 6.07. The van der Waals surface area contributed by atoms with E-state index in [0.717, 1.165) is 12.8 Å². The number of fused-ring (bicyclic) bond motifs is 1. The van der Waals surface area contributed by atoms with Crippen LogP contribution < -0.4 is 10.6 Å². The SMILES string of the molecule is O=C(N[C@H](c1ccccc1)C1CC1)N[C@@H]1CCc2ccccc21. The lowest BCUT2D eigenvalue weighted by atomic mass is 10.0. The first-order valence-electron chi connectivity index (χ1n) is 8.51. The van der Waals surface area contributed by atoms with Crippen LogP contribution in [0.3, 0.4) is 0 Å². The summed E-state index contributed by atoms with van der Waals surface area (Å²) in [6.07, 6.45) is 4.44. The lowest BCUT2D eigenvalue weighted by molar-refractivity contribution is 0.231. The van der Waals surface area contributed by atoms with Crippen molar-refractivity contribution >= 4 is 6.03 Å². The van der Waals surface area contributed by atoms with Gasteiger partial charge in [0, 0.05) is 0 Å². The Morgan fingerprint density at radius 1 is 0.957 bits per heavy atom. The van der Waals surface area contributed by atoms with E-state index in [1.807, 2.05) is 24.3 Å². The van der Waals surface area contributed by atoms with E-state index in [1.54, 1.807) is 0 Å². The van der Waals surface area contributed by atoms with Crippen molar-refractivity contribution < 1.29 is 4.79 Å². The normalized spacial score (nSPS) is 20.6. The minimum atomic E-state index is -0.0487. The molecule has 2 aliphatic rings. The van der Waals surface area contributed by atoms with E-state index >= 15 is 0 Å². The van der Waals surface area contributed by atoms with E-state index in [2.05, 4.69) is 41.0 Å². The Kier molecular flexibility index (Phi) is 3.78. The molecule has 3 nitrogen and oxygen atoms in total. The lowest BCUT2D eigenvalue weighted by Crippen LogP contribution is -2.40. The van der Waals surface area contributed by atoms with Gasteiger partial charge in [-0.25, -0.2) is 4.79 Å². The summed E-state index contributed by atoms with van der Waals surface area (Å²) in [7, 11) is 0. The van der Waals surface area contributed by atoms with E-state index in [9.17, 15) is 4.79 Å². The number of rotatable bonds is 4. The van der Waals surface area contributed by atoms with Crippen LogP contribution in [0.1, 0.15) is 48.0 Å². The fourth-order valence-corrected chi connectivity index (χ4v) is 3.61. The number of nitrogens with one attached hydrogen (secondary N) is 2. The molecule has 4 rings (SSSR count). The fourth-order valence-electron chi connectivity index (χ4n) is 3.61. The molecule has 2 aromatic rings. The molecule has 0 heterocycles. The molecule has 1 saturated carbocycles. The largest absolute Gasteiger partial charge is 0.331 e. The number of amides is 2. The van der Waals surface area contributed by atoms with Gasteiger partial charge >= 0.3 is 6.03 Å². The molecule has 0 unspecified atom stereocenters. The van der Waals surface area contributed by atoms with Crippen molar-refractivity contribution in [2.24, 2.45) is 5.92 Å². The van der Waals surface area contributed by atoms with Crippen LogP contribution in [-0.4, -0.2) is 6.03 Å². The average molecular weight is 306 g/mol. The summed E-state index contributed by atoms with van der Waals surface area (Å²) in [5.41, 5.74) is 3.84. The van der Waals surface area contributed by atoms with Gasteiger partial charge < -0.3 is 10.6 Å². The molecule has 2 N–H and O–H groups in total. The summed E-state index contributed by atoms with van der Waals surface area (Å²) in [6.45, 7) is 0. The van der Waals surface area contributed by atoms with E-state index in [4.69, 9.17) is 0 Å². The minimum absolute atomic E-state index is 0.0487. The highest BCUT2D eigenvalue weighted by atomic mass is 16.2. The number of benzene rings is 2. The average Bonchev–Trinajstić information content (AvgIpc) is 3.36. The van der Waals surface area contributed by atoms with E-state index in [0.29, 0.717) is 5.92 Å². The number of urea groups is 1. The highest BCUT2D eigenvalue weighted by molar-refractivity contribution is 5.75. The maximum atomic E-state index is 12.5. The molecule has 2 amide bonds. The third kappa shape index (κ3) is 3.09. The molecule has 2 aromatic carbocycles. The van der Waals surface area contributed by atoms with Gasteiger partial charge in [-0.05, 0) is 48.3 Å². The molecule has 0 bridgehead atoms. The molecule has 0 aliphatic heterocycles. The smallest absolute Gasteiger partial charge is 0.315 e. The molecule has 23 heavy (non-hydrogen) atoms. The van der Waals surface area contributed by atoms with Crippen molar-refractivity contribution in [2.45, 2.75) is 37.8 Å². The molecular formula is C20H22N2O. The topological polar surface area (TPSA) is 41.1 Å². The minimum Gasteiger partial charge on any atom is -0.331 e. The highest BCUT2D eigenvalue weighted by Crippen LogP contribution is 2.41. The molecule has 3 heteroatoms. The van der Waals surface area contributed by atoms with Crippen molar-refractivity contribution in [3.05, 3.63) is 71.3 Å². The molecule has 0 saturated heterocycles. The first kappa shape index (κ1) is 14.3. The Balaban J connectivity index is 1.43. The third-order valence-corrected chi connectivity index (χ3v) is 4.98. The summed E-state index contributed by atoms with van der Waals surface area (Å²) in [4.78, 5) is 12.5. The quantitative estimate of drug-likeness (QED) is 0.876. The summed E-state index contributed by atoms with van der Waals surface area (Å²) in [5.74, 6) is 0.582. The molecule has 0 aromatic heterocycles. The highest BCUT2D eigenvalue weighted by Gasteiger charge is 2.34. The van der Waals surface area contributed by atoms with Crippen molar-refractivity contribution in [2.75, 3.05) is 0 Å². The maximum Gasteiger partial charge on any atom is 0.315 e. The molecule has 118 valence electrons.